The van der Waals surface area contributed by atoms with Gasteiger partial charge in [-0.2, -0.15) is 10.5 Å². The maximum absolute atomic E-state index is 11.5. The number of amidine groups is 1. The topological polar surface area (TPSA) is 148 Å². The highest BCUT2D eigenvalue weighted by Gasteiger charge is 2.94. The Balaban J connectivity index is 2.28. The monoisotopic (exact) mass is 355 g/mol. The van der Waals surface area contributed by atoms with E-state index in [1.165, 1.54) is 18.2 Å². The third-order valence-corrected chi connectivity index (χ3v) is 5.05. The standard InChI is InChI=1S/C17H17N5O4/c1-3-25-17(26-4-2)16(10-19)13(15(16,9-18)14(20)21-17)11-7-5-6-8-12(11)22(23)24/h5-8,13H,3-4H2,1-2H3,(H2,20,21)/t13-,15+,16+/m0/s1. The molecule has 9 heteroatoms. The van der Waals surface area contributed by atoms with Crippen molar-refractivity contribution in [1.29, 1.82) is 10.5 Å². The number of hydrogen-bond acceptors (Lipinski definition) is 8. The molecule has 9 nitrogen and oxygen atoms in total. The van der Waals surface area contributed by atoms with Crippen LogP contribution in [0, 0.1) is 43.6 Å². The molecular formula is C17H17N5O4. The van der Waals surface area contributed by atoms with Gasteiger partial charge in [-0.15, -0.1) is 0 Å². The molecule has 0 bridgehead atoms. The van der Waals surface area contributed by atoms with Gasteiger partial charge in [0.15, 0.2) is 5.41 Å². The molecule has 0 spiro atoms. The molecule has 1 aromatic carbocycles. The summed E-state index contributed by atoms with van der Waals surface area (Å²) in [6.07, 6.45) is 0. The van der Waals surface area contributed by atoms with Gasteiger partial charge in [0.1, 0.15) is 11.3 Å². The second-order valence-corrected chi connectivity index (χ2v) is 6.03. The zero-order valence-corrected chi connectivity index (χ0v) is 14.3. The molecule has 0 aromatic heterocycles. The number of ether oxygens (including phenoxy) is 2. The molecule has 134 valence electrons. The first-order chi connectivity index (χ1) is 12.4. The van der Waals surface area contributed by atoms with Crippen molar-refractivity contribution in [3.63, 3.8) is 0 Å². The summed E-state index contributed by atoms with van der Waals surface area (Å²) in [5.74, 6) is -2.77. The fourth-order valence-corrected chi connectivity index (χ4v) is 4.11. The third-order valence-electron chi connectivity index (χ3n) is 5.05. The zero-order valence-electron chi connectivity index (χ0n) is 14.3. The lowest BCUT2D eigenvalue weighted by Crippen LogP contribution is -2.43. The molecule has 2 aliphatic rings. The van der Waals surface area contributed by atoms with Gasteiger partial charge in [-0.3, -0.25) is 10.1 Å². The summed E-state index contributed by atoms with van der Waals surface area (Å²) in [5, 5.41) is 31.5. The molecule has 0 unspecified atom stereocenters. The number of fused-ring (bicyclic) bond motifs is 1. The molecule has 1 fully saturated rings. The lowest BCUT2D eigenvalue weighted by molar-refractivity contribution is -0.385. The van der Waals surface area contributed by atoms with E-state index in [2.05, 4.69) is 17.1 Å². The molecule has 0 radical (unpaired) electrons. The Morgan fingerprint density at radius 3 is 2.38 bits per heavy atom. The van der Waals surface area contributed by atoms with Gasteiger partial charge in [-0.05, 0) is 13.8 Å². The van der Waals surface area contributed by atoms with E-state index in [0.29, 0.717) is 0 Å². The van der Waals surface area contributed by atoms with E-state index < -0.39 is 27.6 Å². The van der Waals surface area contributed by atoms with E-state index in [4.69, 9.17) is 15.2 Å². The molecule has 3 rings (SSSR count). The number of nitro groups is 1. The van der Waals surface area contributed by atoms with Crippen molar-refractivity contribution >= 4 is 11.5 Å². The van der Waals surface area contributed by atoms with Gasteiger partial charge < -0.3 is 15.2 Å². The molecule has 3 atom stereocenters. The molecular weight excluding hydrogens is 338 g/mol. The van der Waals surface area contributed by atoms with E-state index in [-0.39, 0.29) is 30.3 Å². The zero-order chi connectivity index (χ0) is 19.2. The van der Waals surface area contributed by atoms with Gasteiger partial charge in [-0.25, -0.2) is 4.99 Å². The lowest BCUT2D eigenvalue weighted by Gasteiger charge is -2.31. The largest absolute Gasteiger partial charge is 0.386 e. The number of aliphatic imine (C=N–C) groups is 1. The van der Waals surface area contributed by atoms with Crippen molar-refractivity contribution in [2.24, 2.45) is 21.6 Å². The van der Waals surface area contributed by atoms with Gasteiger partial charge in [-0.1, -0.05) is 18.2 Å². The summed E-state index contributed by atoms with van der Waals surface area (Å²) in [5.41, 5.74) is 2.97. The number of nitrogens with two attached hydrogens (primary N) is 1. The molecule has 0 amide bonds. The van der Waals surface area contributed by atoms with E-state index in [1.54, 1.807) is 19.9 Å². The van der Waals surface area contributed by atoms with Crippen LogP contribution in [-0.2, 0) is 9.47 Å². The number of benzene rings is 1. The highest BCUT2D eigenvalue weighted by Crippen LogP contribution is 2.82. The SMILES string of the molecule is CCOC1(OCC)N=C(N)[C@@]2(C#N)[C@H](c3ccccc3[N+](=O)[O-])[C@@]12C#N. The number of nitrogens with zero attached hydrogens (tertiary/aromatic N) is 4. The van der Waals surface area contributed by atoms with Crippen LogP contribution in [0.3, 0.4) is 0 Å². The van der Waals surface area contributed by atoms with E-state index in [0.717, 1.165) is 0 Å². The Bertz CT molecular complexity index is 880. The van der Waals surface area contributed by atoms with Gasteiger partial charge in [0, 0.05) is 30.8 Å². The van der Waals surface area contributed by atoms with Crippen molar-refractivity contribution in [3.8, 4) is 12.1 Å². The van der Waals surface area contributed by atoms with E-state index in [1.807, 2.05) is 0 Å². The normalized spacial score (nSPS) is 30.6. The van der Waals surface area contributed by atoms with E-state index in [9.17, 15) is 20.6 Å². The van der Waals surface area contributed by atoms with Crippen LogP contribution in [0.4, 0.5) is 5.69 Å². The summed E-state index contributed by atoms with van der Waals surface area (Å²) in [6, 6.07) is 10.2. The minimum Gasteiger partial charge on any atom is -0.386 e. The van der Waals surface area contributed by atoms with Crippen molar-refractivity contribution in [1.82, 2.24) is 0 Å². The summed E-state index contributed by atoms with van der Waals surface area (Å²) < 4.78 is 11.4. The second kappa shape index (κ2) is 5.77. The molecule has 0 saturated heterocycles. The Morgan fingerprint density at radius 1 is 1.27 bits per heavy atom. The molecule has 1 aliphatic heterocycles. The second-order valence-electron chi connectivity index (χ2n) is 6.03. The highest BCUT2D eigenvalue weighted by atomic mass is 16.7. The number of nitriles is 2. The number of rotatable bonds is 6. The van der Waals surface area contributed by atoms with Gasteiger partial charge in [0.2, 0.25) is 0 Å². The first-order valence-corrected chi connectivity index (χ1v) is 8.12. The van der Waals surface area contributed by atoms with Crippen molar-refractivity contribution < 1.29 is 14.4 Å². The van der Waals surface area contributed by atoms with Crippen molar-refractivity contribution in [2.75, 3.05) is 13.2 Å². The maximum atomic E-state index is 11.5. The van der Waals surface area contributed by atoms with Crippen LogP contribution in [0.2, 0.25) is 0 Å². The van der Waals surface area contributed by atoms with E-state index >= 15 is 0 Å². The number of hydrogen-bond donors (Lipinski definition) is 1. The van der Waals surface area contributed by atoms with Crippen LogP contribution in [0.1, 0.15) is 25.3 Å². The Morgan fingerprint density at radius 2 is 1.88 bits per heavy atom. The predicted molar refractivity (Wildman–Crippen MR) is 89.5 cm³/mol. The van der Waals surface area contributed by atoms with Crippen molar-refractivity contribution in [3.05, 3.63) is 39.9 Å². The summed E-state index contributed by atoms with van der Waals surface area (Å²) in [6.45, 7) is 3.72. The fourth-order valence-electron chi connectivity index (χ4n) is 4.11. The minimum absolute atomic E-state index is 0.105. The molecule has 2 N–H and O–H groups in total. The fraction of sp³-hybridized carbons (Fsp3) is 0.471. The Labute approximate surface area is 149 Å². The van der Waals surface area contributed by atoms with Crippen LogP contribution >= 0.6 is 0 Å². The highest BCUT2D eigenvalue weighted by molar-refractivity contribution is 6.00. The van der Waals surface area contributed by atoms with Gasteiger partial charge in [0.25, 0.3) is 11.6 Å². The first-order valence-electron chi connectivity index (χ1n) is 8.12. The molecule has 1 heterocycles. The van der Waals surface area contributed by atoms with Crippen LogP contribution in [0.15, 0.2) is 29.3 Å². The van der Waals surface area contributed by atoms with Crippen LogP contribution in [0.25, 0.3) is 0 Å². The third kappa shape index (κ3) is 1.76. The smallest absolute Gasteiger partial charge is 0.293 e. The summed E-state index contributed by atoms with van der Waals surface area (Å²) in [4.78, 5) is 15.1. The van der Waals surface area contributed by atoms with Gasteiger partial charge in [0.05, 0.1) is 17.1 Å². The average Bonchev–Trinajstić information content (AvgIpc) is 3.20. The first kappa shape index (κ1) is 17.8. The molecule has 1 aromatic rings. The van der Waals surface area contributed by atoms with Crippen LogP contribution in [0.5, 0.6) is 0 Å². The lowest BCUT2D eigenvalue weighted by atomic mass is 9.93. The minimum atomic E-state index is -1.78. The Kier molecular flexibility index (Phi) is 3.95. The Hall–Kier alpha value is -3.01. The molecule has 1 saturated carbocycles. The van der Waals surface area contributed by atoms with Gasteiger partial charge >= 0.3 is 0 Å². The van der Waals surface area contributed by atoms with Crippen LogP contribution < -0.4 is 5.73 Å². The summed E-state index contributed by atoms with van der Waals surface area (Å²) >= 11 is 0. The van der Waals surface area contributed by atoms with Crippen molar-refractivity contribution in [2.45, 2.75) is 25.7 Å². The molecule has 1 aliphatic carbocycles. The molecule has 26 heavy (non-hydrogen) atoms. The predicted octanol–water partition coefficient (Wildman–Crippen LogP) is 1.81. The number of para-hydroxylation sites is 1. The quantitative estimate of drug-likeness (QED) is 0.464. The maximum Gasteiger partial charge on any atom is 0.293 e. The average molecular weight is 355 g/mol. The van der Waals surface area contributed by atoms with Crippen LogP contribution in [-0.4, -0.2) is 29.9 Å². The summed E-state index contributed by atoms with van der Waals surface area (Å²) in [7, 11) is 0. The number of nitro benzene ring substituents is 1.